The summed E-state index contributed by atoms with van der Waals surface area (Å²) in [5.41, 5.74) is 1.93. The van der Waals surface area contributed by atoms with Gasteiger partial charge in [0.25, 0.3) is 0 Å². The number of aromatic nitrogens is 3. The predicted octanol–water partition coefficient (Wildman–Crippen LogP) is 1.89. The summed E-state index contributed by atoms with van der Waals surface area (Å²) in [5.74, 6) is 0. The van der Waals surface area contributed by atoms with Crippen molar-refractivity contribution in [2.75, 3.05) is 7.05 Å². The average Bonchev–Trinajstić information content (AvgIpc) is 2.69. The lowest BCUT2D eigenvalue weighted by molar-refractivity contribution is 0.627. The molecule has 0 aliphatic carbocycles. The molecule has 0 aromatic carbocycles. The highest BCUT2D eigenvalue weighted by atomic mass is 79.9. The molecule has 0 fully saturated rings. The lowest BCUT2D eigenvalue weighted by Gasteiger charge is -2.12. The summed E-state index contributed by atoms with van der Waals surface area (Å²) in [6, 6.07) is 6.00. The Morgan fingerprint density at radius 1 is 1.31 bits per heavy atom. The molecule has 16 heavy (non-hydrogen) atoms. The molecular formula is C11H13BrN4. The number of aryl methyl sites for hydroxylation is 1. The van der Waals surface area contributed by atoms with Gasteiger partial charge < -0.3 is 5.32 Å². The maximum Gasteiger partial charge on any atom is 0.0941 e. The number of pyridine rings is 1. The lowest BCUT2D eigenvalue weighted by atomic mass is 10.1. The molecule has 2 heterocycles. The van der Waals surface area contributed by atoms with Crippen LogP contribution in [0.15, 0.2) is 35.1 Å². The van der Waals surface area contributed by atoms with Crippen molar-refractivity contribution in [1.29, 1.82) is 0 Å². The van der Waals surface area contributed by atoms with E-state index in [9.17, 15) is 0 Å². The SMILES string of the molecule is CNC(c1ccc(Br)cn1)c1ccn(C)n1. The van der Waals surface area contributed by atoms with Crippen molar-refractivity contribution in [3.63, 3.8) is 0 Å². The third-order valence-corrected chi connectivity index (χ3v) is 2.83. The maximum absolute atomic E-state index is 4.38. The highest BCUT2D eigenvalue weighted by Gasteiger charge is 2.15. The molecule has 2 aromatic rings. The van der Waals surface area contributed by atoms with E-state index >= 15 is 0 Å². The Morgan fingerprint density at radius 3 is 2.62 bits per heavy atom. The van der Waals surface area contributed by atoms with Gasteiger partial charge in [0.2, 0.25) is 0 Å². The van der Waals surface area contributed by atoms with Crippen molar-refractivity contribution in [3.05, 3.63) is 46.5 Å². The molecule has 0 amide bonds. The van der Waals surface area contributed by atoms with Crippen LogP contribution in [0.3, 0.4) is 0 Å². The minimum atomic E-state index is 0.0364. The number of rotatable bonds is 3. The molecule has 0 aliphatic heterocycles. The Morgan fingerprint density at radius 2 is 2.12 bits per heavy atom. The molecule has 1 unspecified atom stereocenters. The van der Waals surface area contributed by atoms with Gasteiger partial charge >= 0.3 is 0 Å². The van der Waals surface area contributed by atoms with Gasteiger partial charge in [-0.25, -0.2) is 0 Å². The normalized spacial score (nSPS) is 12.7. The van der Waals surface area contributed by atoms with Gasteiger partial charge in [-0.3, -0.25) is 9.67 Å². The fourth-order valence-electron chi connectivity index (χ4n) is 1.59. The van der Waals surface area contributed by atoms with Gasteiger partial charge in [-0.05, 0) is 41.2 Å². The number of hydrogen-bond donors (Lipinski definition) is 1. The number of nitrogens with one attached hydrogen (secondary N) is 1. The summed E-state index contributed by atoms with van der Waals surface area (Å²) in [5, 5.41) is 7.60. The fourth-order valence-corrected chi connectivity index (χ4v) is 1.83. The first kappa shape index (κ1) is 11.3. The molecule has 5 heteroatoms. The van der Waals surface area contributed by atoms with Crippen molar-refractivity contribution < 1.29 is 0 Å². The van der Waals surface area contributed by atoms with Gasteiger partial charge in [0.05, 0.1) is 17.4 Å². The molecule has 84 valence electrons. The maximum atomic E-state index is 4.38. The van der Waals surface area contributed by atoms with Crippen molar-refractivity contribution >= 4 is 15.9 Å². The van der Waals surface area contributed by atoms with Gasteiger partial charge in [-0.15, -0.1) is 0 Å². The van der Waals surface area contributed by atoms with E-state index in [0.29, 0.717) is 0 Å². The largest absolute Gasteiger partial charge is 0.307 e. The second-order valence-electron chi connectivity index (χ2n) is 3.54. The smallest absolute Gasteiger partial charge is 0.0941 e. The topological polar surface area (TPSA) is 42.7 Å². The van der Waals surface area contributed by atoms with Gasteiger partial charge in [0.15, 0.2) is 0 Å². The van der Waals surface area contributed by atoms with Crippen molar-refractivity contribution in [1.82, 2.24) is 20.1 Å². The highest BCUT2D eigenvalue weighted by molar-refractivity contribution is 9.10. The standard InChI is InChI=1S/C11H13BrN4/c1-13-11(10-5-6-16(2)15-10)9-4-3-8(12)7-14-9/h3-7,11,13H,1-2H3. The predicted molar refractivity (Wildman–Crippen MR) is 66.0 cm³/mol. The molecule has 1 N–H and O–H groups in total. The van der Waals surface area contributed by atoms with Crippen LogP contribution >= 0.6 is 15.9 Å². The Labute approximate surface area is 103 Å². The summed E-state index contributed by atoms with van der Waals surface area (Å²) in [6.07, 6.45) is 3.72. The molecule has 2 rings (SSSR count). The first-order chi connectivity index (χ1) is 7.70. The Balaban J connectivity index is 2.32. The fraction of sp³-hybridized carbons (Fsp3) is 0.273. The molecule has 4 nitrogen and oxygen atoms in total. The van der Waals surface area contributed by atoms with Crippen molar-refractivity contribution in [2.45, 2.75) is 6.04 Å². The van der Waals surface area contributed by atoms with Crippen molar-refractivity contribution in [3.8, 4) is 0 Å². The van der Waals surface area contributed by atoms with E-state index in [1.165, 1.54) is 0 Å². The average molecular weight is 281 g/mol. The summed E-state index contributed by atoms with van der Waals surface area (Å²) >= 11 is 3.37. The van der Waals surface area contributed by atoms with Crippen LogP contribution in [-0.4, -0.2) is 21.8 Å². The number of nitrogens with zero attached hydrogens (tertiary/aromatic N) is 3. The molecule has 0 aliphatic rings. The van der Waals surface area contributed by atoms with Gasteiger partial charge in [0.1, 0.15) is 0 Å². The van der Waals surface area contributed by atoms with E-state index in [1.807, 2.05) is 38.5 Å². The summed E-state index contributed by atoms with van der Waals surface area (Å²) in [7, 11) is 3.81. The second-order valence-corrected chi connectivity index (χ2v) is 4.45. The quantitative estimate of drug-likeness (QED) is 0.934. The van der Waals surface area contributed by atoms with E-state index in [0.717, 1.165) is 15.9 Å². The first-order valence-corrected chi connectivity index (χ1v) is 5.78. The Kier molecular flexibility index (Phi) is 3.36. The minimum Gasteiger partial charge on any atom is -0.307 e. The van der Waals surface area contributed by atoms with Gasteiger partial charge in [-0.2, -0.15) is 5.10 Å². The molecule has 0 spiro atoms. The highest BCUT2D eigenvalue weighted by Crippen LogP contribution is 2.19. The molecule has 0 saturated heterocycles. The van der Waals surface area contributed by atoms with Crippen LogP contribution in [0.4, 0.5) is 0 Å². The lowest BCUT2D eigenvalue weighted by Crippen LogP contribution is -2.19. The molecule has 0 saturated carbocycles. The van der Waals surface area contributed by atoms with E-state index in [1.54, 1.807) is 10.9 Å². The van der Waals surface area contributed by atoms with Gasteiger partial charge in [-0.1, -0.05) is 0 Å². The molecular weight excluding hydrogens is 268 g/mol. The van der Waals surface area contributed by atoms with Crippen LogP contribution in [0.25, 0.3) is 0 Å². The van der Waals surface area contributed by atoms with Crippen LogP contribution in [0.5, 0.6) is 0 Å². The summed E-state index contributed by atoms with van der Waals surface area (Å²) < 4.78 is 2.77. The zero-order valence-corrected chi connectivity index (χ0v) is 10.8. The molecule has 2 aromatic heterocycles. The van der Waals surface area contributed by atoms with Crippen LogP contribution in [0.2, 0.25) is 0 Å². The van der Waals surface area contributed by atoms with Crippen molar-refractivity contribution in [2.24, 2.45) is 7.05 Å². The Bertz CT molecular complexity index is 463. The molecule has 1 atom stereocenters. The van der Waals surface area contributed by atoms with E-state index in [2.05, 4.69) is 31.3 Å². The number of hydrogen-bond acceptors (Lipinski definition) is 3. The van der Waals surface area contributed by atoms with E-state index in [-0.39, 0.29) is 6.04 Å². The summed E-state index contributed by atoms with van der Waals surface area (Å²) in [4.78, 5) is 4.38. The molecule has 0 bridgehead atoms. The van der Waals surface area contributed by atoms with Crippen LogP contribution in [-0.2, 0) is 7.05 Å². The van der Waals surface area contributed by atoms with Gasteiger partial charge in [0, 0.05) is 23.9 Å². The monoisotopic (exact) mass is 280 g/mol. The van der Waals surface area contributed by atoms with Crippen LogP contribution < -0.4 is 5.32 Å². The van der Waals surface area contributed by atoms with Crippen LogP contribution in [0, 0.1) is 0 Å². The zero-order valence-electron chi connectivity index (χ0n) is 9.18. The Hall–Kier alpha value is -1.20. The van der Waals surface area contributed by atoms with Crippen LogP contribution in [0.1, 0.15) is 17.4 Å². The van der Waals surface area contributed by atoms with E-state index in [4.69, 9.17) is 0 Å². The minimum absolute atomic E-state index is 0.0364. The first-order valence-electron chi connectivity index (χ1n) is 4.99. The number of halogens is 1. The summed E-state index contributed by atoms with van der Waals surface area (Å²) in [6.45, 7) is 0. The van der Waals surface area contributed by atoms with E-state index < -0.39 is 0 Å². The zero-order chi connectivity index (χ0) is 11.5. The second kappa shape index (κ2) is 4.76. The third kappa shape index (κ3) is 2.31. The third-order valence-electron chi connectivity index (χ3n) is 2.36. The molecule has 0 radical (unpaired) electrons.